The number of benzene rings is 1. The van der Waals surface area contributed by atoms with E-state index in [0.717, 1.165) is 12.1 Å². The Balaban J connectivity index is 2.81. The number of rotatable bonds is 9. The van der Waals surface area contributed by atoms with Crippen LogP contribution < -0.4 is 10.6 Å². The van der Waals surface area contributed by atoms with Gasteiger partial charge < -0.3 is 15.7 Å². The predicted molar refractivity (Wildman–Crippen MR) is 98.6 cm³/mol. The smallest absolute Gasteiger partial charge is 0.303 e. The standard InChI is InChI=1S/C17H22ClN3O6/c1-9(2)15(17(25)19-8-10(3)6-14(22)23)20-16(24)12-5-4-11(21(26)27)7-13(12)18/h4-5,7,9-10,15H,6,8H2,1-3H3,(H,19,25)(H,20,24)(H,22,23). The molecular weight excluding hydrogens is 378 g/mol. The molecule has 1 rings (SSSR count). The Morgan fingerprint density at radius 2 is 1.89 bits per heavy atom. The number of non-ortho nitro benzene ring substituents is 1. The maximum atomic E-state index is 12.4. The van der Waals surface area contributed by atoms with Crippen molar-refractivity contribution in [1.29, 1.82) is 0 Å². The first-order valence-electron chi connectivity index (χ1n) is 8.27. The molecule has 0 fully saturated rings. The molecule has 2 unspecified atom stereocenters. The topological polar surface area (TPSA) is 139 Å². The van der Waals surface area contributed by atoms with E-state index in [1.807, 2.05) is 0 Å². The molecule has 2 atom stereocenters. The van der Waals surface area contributed by atoms with E-state index in [2.05, 4.69) is 10.6 Å². The van der Waals surface area contributed by atoms with E-state index in [1.54, 1.807) is 20.8 Å². The highest BCUT2D eigenvalue weighted by Crippen LogP contribution is 2.22. The van der Waals surface area contributed by atoms with Gasteiger partial charge in [-0.2, -0.15) is 0 Å². The molecule has 148 valence electrons. The molecule has 0 aliphatic heterocycles. The van der Waals surface area contributed by atoms with Crippen LogP contribution in [0.4, 0.5) is 5.69 Å². The summed E-state index contributed by atoms with van der Waals surface area (Å²) in [4.78, 5) is 45.6. The molecule has 1 aromatic carbocycles. The van der Waals surface area contributed by atoms with Gasteiger partial charge in [-0.3, -0.25) is 24.5 Å². The Kier molecular flexibility index (Phi) is 8.17. The van der Waals surface area contributed by atoms with Crippen LogP contribution in [-0.2, 0) is 9.59 Å². The molecule has 0 spiro atoms. The summed E-state index contributed by atoms with van der Waals surface area (Å²) in [7, 11) is 0. The normalized spacial score (nSPS) is 12.9. The van der Waals surface area contributed by atoms with Crippen LogP contribution in [0.5, 0.6) is 0 Å². The SMILES string of the molecule is CC(CNC(=O)C(NC(=O)c1ccc([N+](=O)[O-])cc1Cl)C(C)C)CC(=O)O. The van der Waals surface area contributed by atoms with Crippen molar-refractivity contribution < 1.29 is 24.4 Å². The van der Waals surface area contributed by atoms with Gasteiger partial charge in [0.15, 0.2) is 0 Å². The van der Waals surface area contributed by atoms with Crippen molar-refractivity contribution in [3.63, 3.8) is 0 Å². The first-order valence-corrected chi connectivity index (χ1v) is 8.65. The molecular formula is C17H22ClN3O6. The summed E-state index contributed by atoms with van der Waals surface area (Å²) < 4.78 is 0. The number of hydrogen-bond acceptors (Lipinski definition) is 5. The van der Waals surface area contributed by atoms with Gasteiger partial charge in [0.25, 0.3) is 11.6 Å². The van der Waals surface area contributed by atoms with E-state index in [-0.39, 0.29) is 41.1 Å². The van der Waals surface area contributed by atoms with E-state index >= 15 is 0 Å². The Morgan fingerprint density at radius 3 is 2.37 bits per heavy atom. The number of carbonyl (C=O) groups excluding carboxylic acids is 2. The molecule has 0 aliphatic rings. The molecule has 10 heteroatoms. The van der Waals surface area contributed by atoms with Gasteiger partial charge in [0.2, 0.25) is 5.91 Å². The molecule has 0 saturated carbocycles. The van der Waals surface area contributed by atoms with Crippen molar-refractivity contribution in [2.45, 2.75) is 33.2 Å². The molecule has 0 aromatic heterocycles. The number of halogens is 1. The summed E-state index contributed by atoms with van der Waals surface area (Å²) in [6.07, 6.45) is -0.0859. The number of amides is 2. The second kappa shape index (κ2) is 9.86. The van der Waals surface area contributed by atoms with Crippen molar-refractivity contribution in [2.75, 3.05) is 6.54 Å². The molecule has 0 aliphatic carbocycles. The van der Waals surface area contributed by atoms with Gasteiger partial charge in [-0.25, -0.2) is 0 Å². The number of nitro groups is 1. The van der Waals surface area contributed by atoms with Crippen LogP contribution in [0, 0.1) is 22.0 Å². The molecule has 2 amide bonds. The number of nitrogens with one attached hydrogen (secondary N) is 2. The summed E-state index contributed by atoms with van der Waals surface area (Å²) in [5, 5.41) is 24.6. The quantitative estimate of drug-likeness (QED) is 0.430. The summed E-state index contributed by atoms with van der Waals surface area (Å²) in [6.45, 7) is 5.32. The number of nitro benzene ring substituents is 1. The van der Waals surface area contributed by atoms with Gasteiger partial charge in [0, 0.05) is 25.1 Å². The van der Waals surface area contributed by atoms with E-state index in [9.17, 15) is 24.5 Å². The van der Waals surface area contributed by atoms with Gasteiger partial charge in [0.1, 0.15) is 6.04 Å². The van der Waals surface area contributed by atoms with Crippen molar-refractivity contribution in [1.82, 2.24) is 10.6 Å². The average Bonchev–Trinajstić information content (AvgIpc) is 2.56. The lowest BCUT2D eigenvalue weighted by molar-refractivity contribution is -0.384. The highest BCUT2D eigenvalue weighted by Gasteiger charge is 2.26. The Bertz CT molecular complexity index is 737. The maximum absolute atomic E-state index is 12.4. The number of hydrogen-bond donors (Lipinski definition) is 3. The van der Waals surface area contributed by atoms with Gasteiger partial charge in [-0.15, -0.1) is 0 Å². The minimum absolute atomic E-state index is 0.0139. The van der Waals surface area contributed by atoms with Crippen molar-refractivity contribution >= 4 is 35.1 Å². The lowest BCUT2D eigenvalue weighted by Gasteiger charge is -2.23. The molecule has 0 saturated heterocycles. The molecule has 0 heterocycles. The molecule has 1 aromatic rings. The number of aliphatic carboxylic acids is 1. The maximum Gasteiger partial charge on any atom is 0.303 e. The lowest BCUT2D eigenvalue weighted by Crippen LogP contribution is -2.50. The van der Waals surface area contributed by atoms with Crippen LogP contribution in [0.1, 0.15) is 37.6 Å². The monoisotopic (exact) mass is 399 g/mol. The van der Waals surface area contributed by atoms with Gasteiger partial charge >= 0.3 is 5.97 Å². The van der Waals surface area contributed by atoms with Gasteiger partial charge in [-0.05, 0) is 17.9 Å². The molecule has 0 radical (unpaired) electrons. The molecule has 9 nitrogen and oxygen atoms in total. The fourth-order valence-electron chi connectivity index (χ4n) is 2.31. The van der Waals surface area contributed by atoms with Crippen LogP contribution >= 0.6 is 11.6 Å². The summed E-state index contributed by atoms with van der Waals surface area (Å²) in [6, 6.07) is 2.56. The second-order valence-corrected chi connectivity index (χ2v) is 6.97. The Morgan fingerprint density at radius 1 is 1.26 bits per heavy atom. The fraction of sp³-hybridized carbons (Fsp3) is 0.471. The van der Waals surface area contributed by atoms with E-state index in [4.69, 9.17) is 16.7 Å². The highest BCUT2D eigenvalue weighted by molar-refractivity contribution is 6.34. The number of nitrogens with zero attached hydrogens (tertiary/aromatic N) is 1. The largest absolute Gasteiger partial charge is 0.481 e. The Labute approximate surface area is 161 Å². The zero-order chi connectivity index (χ0) is 20.7. The van der Waals surface area contributed by atoms with E-state index < -0.39 is 28.7 Å². The van der Waals surface area contributed by atoms with Crippen LogP contribution in [0.3, 0.4) is 0 Å². The molecule has 0 bridgehead atoms. The first-order chi connectivity index (χ1) is 12.5. The zero-order valence-corrected chi connectivity index (χ0v) is 15.9. The second-order valence-electron chi connectivity index (χ2n) is 6.56. The summed E-state index contributed by atoms with van der Waals surface area (Å²) in [5.41, 5.74) is -0.234. The Hall–Kier alpha value is -2.68. The van der Waals surface area contributed by atoms with E-state index in [0.29, 0.717) is 0 Å². The van der Waals surface area contributed by atoms with Crippen molar-refractivity contribution in [3.05, 3.63) is 38.9 Å². The zero-order valence-electron chi connectivity index (χ0n) is 15.2. The van der Waals surface area contributed by atoms with Gasteiger partial charge in [0.05, 0.1) is 15.5 Å². The van der Waals surface area contributed by atoms with Crippen LogP contribution in [0.15, 0.2) is 18.2 Å². The third kappa shape index (κ3) is 6.86. The van der Waals surface area contributed by atoms with Gasteiger partial charge in [-0.1, -0.05) is 32.4 Å². The third-order valence-corrected chi connectivity index (χ3v) is 4.10. The highest BCUT2D eigenvalue weighted by atomic mass is 35.5. The minimum atomic E-state index is -0.960. The lowest BCUT2D eigenvalue weighted by atomic mass is 10.0. The summed E-state index contributed by atoms with van der Waals surface area (Å²) >= 11 is 5.94. The number of carboxylic acids is 1. The van der Waals surface area contributed by atoms with Crippen LogP contribution in [-0.4, -0.2) is 40.4 Å². The van der Waals surface area contributed by atoms with E-state index in [1.165, 1.54) is 6.07 Å². The fourth-order valence-corrected chi connectivity index (χ4v) is 2.57. The third-order valence-electron chi connectivity index (χ3n) is 3.79. The molecule has 3 N–H and O–H groups in total. The van der Waals surface area contributed by atoms with Crippen molar-refractivity contribution in [2.24, 2.45) is 11.8 Å². The predicted octanol–water partition coefficient (Wildman–Crippen LogP) is 2.23. The molecule has 27 heavy (non-hydrogen) atoms. The average molecular weight is 400 g/mol. The van der Waals surface area contributed by atoms with Crippen LogP contribution in [0.2, 0.25) is 5.02 Å². The first kappa shape index (κ1) is 22.4. The minimum Gasteiger partial charge on any atom is -0.481 e. The van der Waals surface area contributed by atoms with Crippen molar-refractivity contribution in [3.8, 4) is 0 Å². The number of carbonyl (C=O) groups is 3. The number of carboxylic acid groups (broad SMARTS) is 1. The summed E-state index contributed by atoms with van der Waals surface area (Å²) in [5.74, 6) is -2.56. The van der Waals surface area contributed by atoms with Crippen LogP contribution in [0.25, 0.3) is 0 Å².